The zero-order chi connectivity index (χ0) is 17.0. The van der Waals surface area contributed by atoms with Crippen LogP contribution in [0.2, 0.25) is 5.02 Å². The van der Waals surface area contributed by atoms with E-state index in [2.05, 4.69) is 21.2 Å². The van der Waals surface area contributed by atoms with Crippen molar-refractivity contribution >= 4 is 50.9 Å². The fraction of sp³-hybridized carbons (Fsp3) is 0.471. The number of halogens is 2. The van der Waals surface area contributed by atoms with Gasteiger partial charge in [-0.15, -0.1) is 0 Å². The second-order valence-corrected chi connectivity index (χ2v) is 8.09. The molecule has 24 heavy (non-hydrogen) atoms. The number of nitrogens with one attached hydrogen (secondary N) is 1. The number of hydrogen-bond acceptors (Lipinski definition) is 3. The molecule has 0 unspecified atom stereocenters. The molecule has 3 aliphatic rings. The van der Waals surface area contributed by atoms with Gasteiger partial charge < -0.3 is 5.32 Å². The average molecular weight is 412 g/mol. The Morgan fingerprint density at radius 2 is 1.83 bits per heavy atom. The van der Waals surface area contributed by atoms with Crippen LogP contribution in [0, 0.1) is 23.7 Å². The summed E-state index contributed by atoms with van der Waals surface area (Å²) in [6.07, 6.45) is 3.05. The van der Waals surface area contributed by atoms with E-state index in [1.54, 1.807) is 18.2 Å². The van der Waals surface area contributed by atoms with Crippen LogP contribution in [0.1, 0.15) is 19.3 Å². The zero-order valence-electron chi connectivity index (χ0n) is 12.8. The standard InChI is InChI=1S/C17H16BrClN2O3/c18-11-4-3-10(6-12(11)19)20-13(22)7-21-16(23)14-8-1-2-9(5-8)15(14)17(21)24/h3-4,6,8-9,14-15H,1-2,5,7H2,(H,20,22)/t8-,9-,14+,15+/m0/s1. The molecule has 3 amide bonds. The average Bonchev–Trinajstić information content (AvgIpc) is 3.21. The summed E-state index contributed by atoms with van der Waals surface area (Å²) in [7, 11) is 0. The van der Waals surface area contributed by atoms with Crippen molar-refractivity contribution in [2.75, 3.05) is 11.9 Å². The first-order valence-corrected chi connectivity index (χ1v) is 9.23. The normalized spacial score (nSPS) is 30.8. The molecule has 5 nitrogen and oxygen atoms in total. The molecule has 1 aromatic rings. The van der Waals surface area contributed by atoms with Crippen LogP contribution in [-0.4, -0.2) is 29.2 Å². The molecule has 1 heterocycles. The lowest BCUT2D eigenvalue weighted by Gasteiger charge is -2.19. The van der Waals surface area contributed by atoms with Crippen molar-refractivity contribution in [1.82, 2.24) is 4.90 Å². The van der Waals surface area contributed by atoms with Gasteiger partial charge in [0.05, 0.1) is 16.9 Å². The van der Waals surface area contributed by atoms with Gasteiger partial charge in [0.2, 0.25) is 17.7 Å². The van der Waals surface area contributed by atoms with Crippen molar-refractivity contribution in [2.24, 2.45) is 23.7 Å². The maximum atomic E-state index is 12.6. The lowest BCUT2D eigenvalue weighted by Crippen LogP contribution is -2.39. The predicted molar refractivity (Wildman–Crippen MR) is 92.3 cm³/mol. The first-order chi connectivity index (χ1) is 11.5. The molecule has 2 saturated carbocycles. The van der Waals surface area contributed by atoms with Crippen LogP contribution in [0.15, 0.2) is 22.7 Å². The van der Waals surface area contributed by atoms with Gasteiger partial charge in [-0.05, 0) is 65.2 Å². The summed E-state index contributed by atoms with van der Waals surface area (Å²) in [5.74, 6) is -0.438. The van der Waals surface area contributed by atoms with Crippen LogP contribution in [0.5, 0.6) is 0 Å². The molecular weight excluding hydrogens is 396 g/mol. The second kappa shape index (κ2) is 5.85. The van der Waals surface area contributed by atoms with Gasteiger partial charge in [-0.2, -0.15) is 0 Å². The highest BCUT2D eigenvalue weighted by atomic mass is 79.9. The summed E-state index contributed by atoms with van der Waals surface area (Å²) in [6, 6.07) is 5.05. The number of anilines is 1. The summed E-state index contributed by atoms with van der Waals surface area (Å²) in [5, 5.41) is 3.17. The molecule has 1 saturated heterocycles. The number of nitrogens with zero attached hydrogens (tertiary/aromatic N) is 1. The first kappa shape index (κ1) is 16.1. The van der Waals surface area contributed by atoms with Crippen molar-refractivity contribution in [1.29, 1.82) is 0 Å². The topological polar surface area (TPSA) is 66.5 Å². The van der Waals surface area contributed by atoms with Gasteiger partial charge >= 0.3 is 0 Å². The SMILES string of the molecule is O=C(CN1C(=O)[C@@H]2[C@H]3CC[C@@H](C3)[C@H]2C1=O)Nc1ccc(Br)c(Cl)c1. The van der Waals surface area contributed by atoms with E-state index >= 15 is 0 Å². The lowest BCUT2D eigenvalue weighted by atomic mass is 9.81. The van der Waals surface area contributed by atoms with Crippen molar-refractivity contribution < 1.29 is 14.4 Å². The molecular formula is C17H16BrClN2O3. The number of imide groups is 1. The molecule has 3 fully saturated rings. The third-order valence-electron chi connectivity index (χ3n) is 5.52. The van der Waals surface area contributed by atoms with Crippen molar-refractivity contribution in [3.63, 3.8) is 0 Å². The van der Waals surface area contributed by atoms with Gasteiger partial charge in [-0.25, -0.2) is 0 Å². The van der Waals surface area contributed by atoms with Crippen LogP contribution in [0.25, 0.3) is 0 Å². The summed E-state index contributed by atoms with van der Waals surface area (Å²) >= 11 is 9.29. The molecule has 126 valence electrons. The summed E-state index contributed by atoms with van der Waals surface area (Å²) in [5.41, 5.74) is 0.535. The Balaban J connectivity index is 1.45. The highest BCUT2D eigenvalue weighted by Crippen LogP contribution is 2.56. The van der Waals surface area contributed by atoms with E-state index < -0.39 is 0 Å². The smallest absolute Gasteiger partial charge is 0.244 e. The number of amides is 3. The Morgan fingerprint density at radius 1 is 1.21 bits per heavy atom. The van der Waals surface area contributed by atoms with Gasteiger partial charge in [0, 0.05) is 10.2 Å². The number of fused-ring (bicyclic) bond motifs is 5. The Morgan fingerprint density at radius 3 is 2.42 bits per heavy atom. The summed E-state index contributed by atoms with van der Waals surface area (Å²) in [4.78, 5) is 38.5. The molecule has 0 spiro atoms. The molecule has 4 atom stereocenters. The minimum absolute atomic E-state index is 0.166. The highest BCUT2D eigenvalue weighted by Gasteiger charge is 2.60. The Bertz CT molecular complexity index is 725. The van der Waals surface area contributed by atoms with E-state index in [4.69, 9.17) is 11.6 Å². The van der Waals surface area contributed by atoms with Gasteiger partial charge in [0.1, 0.15) is 6.54 Å². The van der Waals surface area contributed by atoms with Crippen molar-refractivity contribution in [3.05, 3.63) is 27.7 Å². The molecule has 7 heteroatoms. The van der Waals surface area contributed by atoms with Crippen LogP contribution < -0.4 is 5.32 Å². The molecule has 0 radical (unpaired) electrons. The fourth-order valence-corrected chi connectivity index (χ4v) is 4.97. The Labute approximate surface area is 152 Å². The van der Waals surface area contributed by atoms with Gasteiger partial charge in [0.25, 0.3) is 0 Å². The third-order valence-corrected chi connectivity index (χ3v) is 6.76. The van der Waals surface area contributed by atoms with E-state index in [-0.39, 0.29) is 36.1 Å². The summed E-state index contributed by atoms with van der Waals surface area (Å²) in [6.45, 7) is -0.224. The third kappa shape index (κ3) is 2.47. The van der Waals surface area contributed by atoms with Crippen molar-refractivity contribution in [2.45, 2.75) is 19.3 Å². The molecule has 2 bridgehead atoms. The van der Waals surface area contributed by atoms with Gasteiger partial charge in [-0.3, -0.25) is 19.3 Å². The maximum Gasteiger partial charge on any atom is 0.244 e. The monoisotopic (exact) mass is 410 g/mol. The molecule has 1 aromatic carbocycles. The quantitative estimate of drug-likeness (QED) is 0.777. The second-order valence-electron chi connectivity index (χ2n) is 6.82. The van der Waals surface area contributed by atoms with E-state index in [9.17, 15) is 14.4 Å². The minimum Gasteiger partial charge on any atom is -0.324 e. The number of hydrogen-bond donors (Lipinski definition) is 1. The molecule has 1 N–H and O–H groups in total. The lowest BCUT2D eigenvalue weighted by molar-refractivity contribution is -0.143. The van der Waals surface area contributed by atoms with Crippen LogP contribution in [-0.2, 0) is 14.4 Å². The largest absolute Gasteiger partial charge is 0.324 e. The Hall–Kier alpha value is -1.40. The van der Waals surface area contributed by atoms with E-state index in [1.807, 2.05) is 0 Å². The van der Waals surface area contributed by atoms with Crippen molar-refractivity contribution in [3.8, 4) is 0 Å². The molecule has 1 aliphatic heterocycles. The van der Waals surface area contributed by atoms with E-state index in [0.29, 0.717) is 22.5 Å². The fourth-order valence-electron chi connectivity index (χ4n) is 4.54. The van der Waals surface area contributed by atoms with Crippen LogP contribution >= 0.6 is 27.5 Å². The van der Waals surface area contributed by atoms with Gasteiger partial charge in [0.15, 0.2) is 0 Å². The number of rotatable bonds is 3. The number of benzene rings is 1. The van der Waals surface area contributed by atoms with Gasteiger partial charge in [-0.1, -0.05) is 11.6 Å². The Kier molecular flexibility index (Phi) is 3.92. The van der Waals surface area contributed by atoms with E-state index in [0.717, 1.165) is 28.6 Å². The number of carbonyl (C=O) groups is 3. The van der Waals surface area contributed by atoms with Crippen LogP contribution in [0.3, 0.4) is 0 Å². The van der Waals surface area contributed by atoms with E-state index in [1.165, 1.54) is 0 Å². The summed E-state index contributed by atoms with van der Waals surface area (Å²) < 4.78 is 0.732. The predicted octanol–water partition coefficient (Wildman–Crippen LogP) is 3.07. The zero-order valence-corrected chi connectivity index (χ0v) is 15.1. The molecule has 4 rings (SSSR count). The first-order valence-electron chi connectivity index (χ1n) is 8.06. The minimum atomic E-state index is -0.387. The molecule has 2 aliphatic carbocycles. The van der Waals surface area contributed by atoms with Crippen LogP contribution in [0.4, 0.5) is 5.69 Å². The number of likely N-dealkylation sites (tertiary alicyclic amines) is 1. The highest BCUT2D eigenvalue weighted by molar-refractivity contribution is 9.10. The maximum absolute atomic E-state index is 12.6. The molecule has 0 aromatic heterocycles. The number of carbonyl (C=O) groups excluding carboxylic acids is 3.